The number of hydrogen-bond acceptors (Lipinski definition) is 2. The lowest BCUT2D eigenvalue weighted by molar-refractivity contribution is -0.137. The van der Waals surface area contributed by atoms with Gasteiger partial charge in [-0.1, -0.05) is 49.4 Å². The van der Waals surface area contributed by atoms with E-state index in [1.165, 1.54) is 30.3 Å². The predicted octanol–water partition coefficient (Wildman–Crippen LogP) is 5.96. The van der Waals surface area contributed by atoms with Crippen LogP contribution in [0.15, 0.2) is 72.8 Å². The van der Waals surface area contributed by atoms with Crippen molar-refractivity contribution >= 4 is 17.1 Å². The molecule has 0 N–H and O–H groups in total. The highest BCUT2D eigenvalue weighted by atomic mass is 19.1. The summed E-state index contributed by atoms with van der Waals surface area (Å²) in [7, 11) is 0. The molecule has 2 nitrogen and oxygen atoms in total. The molecule has 2 aromatic rings. The predicted molar refractivity (Wildman–Crippen MR) is 105 cm³/mol. The van der Waals surface area contributed by atoms with E-state index < -0.39 is 5.97 Å². The van der Waals surface area contributed by atoms with E-state index >= 15 is 0 Å². The Balaban J connectivity index is 2.42. The molecule has 0 radical (unpaired) electrons. The minimum Gasteiger partial charge on any atom is -0.463 e. The molecule has 0 aliphatic heterocycles. The Hall–Kier alpha value is -3.01. The lowest BCUT2D eigenvalue weighted by Gasteiger charge is -2.09. The number of ether oxygens (including phenoxy) is 1. The van der Waals surface area contributed by atoms with Gasteiger partial charge >= 0.3 is 5.97 Å². The Bertz CT molecular complexity index is 845. The van der Waals surface area contributed by atoms with Crippen molar-refractivity contribution in [2.24, 2.45) is 0 Å². The minimum atomic E-state index is -0.426. The van der Waals surface area contributed by atoms with Gasteiger partial charge in [-0.05, 0) is 59.9 Å². The summed E-state index contributed by atoms with van der Waals surface area (Å²) >= 11 is 0. The van der Waals surface area contributed by atoms with Gasteiger partial charge in [0.25, 0.3) is 0 Å². The summed E-state index contributed by atoms with van der Waals surface area (Å²) < 4.78 is 31.4. The van der Waals surface area contributed by atoms with Gasteiger partial charge in [0.15, 0.2) is 0 Å². The fourth-order valence-corrected chi connectivity index (χ4v) is 2.53. The van der Waals surface area contributed by atoms with Gasteiger partial charge in [0.1, 0.15) is 11.6 Å². The van der Waals surface area contributed by atoms with Gasteiger partial charge in [-0.25, -0.2) is 13.6 Å². The topological polar surface area (TPSA) is 26.3 Å². The Labute approximate surface area is 158 Å². The molecule has 0 aliphatic rings. The summed E-state index contributed by atoms with van der Waals surface area (Å²) in [6, 6.07) is 12.4. The van der Waals surface area contributed by atoms with Gasteiger partial charge in [0.2, 0.25) is 0 Å². The third-order valence-corrected chi connectivity index (χ3v) is 3.90. The molecule has 0 unspecified atom stereocenters. The first-order valence-corrected chi connectivity index (χ1v) is 8.81. The van der Waals surface area contributed by atoms with Crippen LogP contribution in [0.3, 0.4) is 0 Å². The number of allylic oxidation sites excluding steroid dienone is 5. The highest BCUT2D eigenvalue weighted by Gasteiger charge is 2.04. The first-order chi connectivity index (χ1) is 13.0. The molecule has 27 heavy (non-hydrogen) atoms. The van der Waals surface area contributed by atoms with E-state index in [1.807, 2.05) is 13.0 Å². The zero-order valence-electron chi connectivity index (χ0n) is 15.4. The zero-order valence-corrected chi connectivity index (χ0v) is 15.4. The number of carbonyl (C=O) groups is 1. The molecule has 0 fully saturated rings. The summed E-state index contributed by atoms with van der Waals surface area (Å²) in [6.45, 7) is 4.05. The van der Waals surface area contributed by atoms with Crippen molar-refractivity contribution in [3.05, 3.63) is 95.6 Å². The van der Waals surface area contributed by atoms with E-state index in [1.54, 1.807) is 43.3 Å². The fourth-order valence-electron chi connectivity index (χ4n) is 2.53. The summed E-state index contributed by atoms with van der Waals surface area (Å²) in [6.07, 6.45) is 7.39. The summed E-state index contributed by atoms with van der Waals surface area (Å²) in [5.74, 6) is -1.04. The number of benzene rings is 2. The first kappa shape index (κ1) is 20.3. The third-order valence-electron chi connectivity index (χ3n) is 3.90. The Kier molecular flexibility index (Phi) is 7.68. The maximum Gasteiger partial charge on any atom is 0.330 e. The van der Waals surface area contributed by atoms with E-state index in [2.05, 4.69) is 0 Å². The van der Waals surface area contributed by atoms with Crippen molar-refractivity contribution in [3.63, 3.8) is 0 Å². The lowest BCUT2D eigenvalue weighted by atomic mass is 9.97. The molecular formula is C23H22F2O2. The third kappa shape index (κ3) is 6.33. The molecule has 140 valence electrons. The van der Waals surface area contributed by atoms with Crippen LogP contribution in [0.2, 0.25) is 0 Å². The van der Waals surface area contributed by atoms with Crippen molar-refractivity contribution in [2.75, 3.05) is 6.61 Å². The van der Waals surface area contributed by atoms with Crippen molar-refractivity contribution < 1.29 is 18.3 Å². The standard InChI is InChI=1S/C23H22F2O2/c1-3-17(18-8-12-21(24)13-9-18)16-20(6-5-7-23(26)27-4-2)19-10-14-22(25)15-11-19/h5-16H,3-4H2,1-2H3/b7-5+,17-16+,20-6+. The van der Waals surface area contributed by atoms with Crippen LogP contribution in [0.25, 0.3) is 11.1 Å². The van der Waals surface area contributed by atoms with Crippen molar-refractivity contribution in [1.29, 1.82) is 0 Å². The van der Waals surface area contributed by atoms with E-state index in [0.717, 1.165) is 28.7 Å². The summed E-state index contributed by atoms with van der Waals surface area (Å²) in [5, 5.41) is 0. The normalized spacial score (nSPS) is 12.4. The number of hydrogen-bond donors (Lipinski definition) is 0. The van der Waals surface area contributed by atoms with Gasteiger partial charge < -0.3 is 4.74 Å². The van der Waals surface area contributed by atoms with Crippen LogP contribution in [-0.2, 0) is 9.53 Å². The van der Waals surface area contributed by atoms with E-state index in [4.69, 9.17) is 4.74 Å². The van der Waals surface area contributed by atoms with Crippen LogP contribution in [0, 0.1) is 11.6 Å². The van der Waals surface area contributed by atoms with E-state index in [-0.39, 0.29) is 11.6 Å². The molecule has 0 bridgehead atoms. The molecule has 2 aromatic carbocycles. The Morgan fingerprint density at radius 1 is 0.926 bits per heavy atom. The Morgan fingerprint density at radius 3 is 2.00 bits per heavy atom. The molecule has 0 aliphatic carbocycles. The van der Waals surface area contributed by atoms with Gasteiger partial charge in [0.05, 0.1) is 6.61 Å². The van der Waals surface area contributed by atoms with Crippen LogP contribution in [0.1, 0.15) is 31.4 Å². The minimum absolute atomic E-state index is 0.291. The van der Waals surface area contributed by atoms with Crippen LogP contribution in [0.5, 0.6) is 0 Å². The van der Waals surface area contributed by atoms with Gasteiger partial charge in [0, 0.05) is 6.08 Å². The van der Waals surface area contributed by atoms with Crippen LogP contribution < -0.4 is 0 Å². The number of rotatable bonds is 7. The highest BCUT2D eigenvalue weighted by Crippen LogP contribution is 2.25. The quantitative estimate of drug-likeness (QED) is 0.342. The fraction of sp³-hybridized carbons (Fsp3) is 0.174. The molecule has 0 aromatic heterocycles. The summed E-state index contributed by atoms with van der Waals surface area (Å²) in [4.78, 5) is 11.5. The maximum atomic E-state index is 13.3. The monoisotopic (exact) mass is 368 g/mol. The van der Waals surface area contributed by atoms with Crippen molar-refractivity contribution in [3.8, 4) is 0 Å². The van der Waals surface area contributed by atoms with E-state index in [9.17, 15) is 13.6 Å². The van der Waals surface area contributed by atoms with Crippen LogP contribution in [0.4, 0.5) is 8.78 Å². The second kappa shape index (κ2) is 10.2. The molecule has 0 spiro atoms. The maximum absolute atomic E-state index is 13.3. The molecule has 0 saturated carbocycles. The number of halogens is 2. The molecular weight excluding hydrogens is 346 g/mol. The van der Waals surface area contributed by atoms with Gasteiger partial charge in [-0.15, -0.1) is 0 Å². The van der Waals surface area contributed by atoms with Crippen LogP contribution >= 0.6 is 0 Å². The van der Waals surface area contributed by atoms with Crippen molar-refractivity contribution in [2.45, 2.75) is 20.3 Å². The Morgan fingerprint density at radius 2 is 1.48 bits per heavy atom. The van der Waals surface area contributed by atoms with Crippen molar-refractivity contribution in [1.82, 2.24) is 0 Å². The van der Waals surface area contributed by atoms with E-state index in [0.29, 0.717) is 6.61 Å². The molecule has 4 heteroatoms. The number of esters is 1. The smallest absolute Gasteiger partial charge is 0.330 e. The molecule has 2 rings (SSSR count). The second-order valence-electron chi connectivity index (χ2n) is 5.77. The molecule has 0 atom stereocenters. The highest BCUT2D eigenvalue weighted by molar-refractivity contribution is 5.86. The number of carbonyl (C=O) groups excluding carboxylic acids is 1. The largest absolute Gasteiger partial charge is 0.463 e. The first-order valence-electron chi connectivity index (χ1n) is 8.81. The molecule has 0 heterocycles. The SMILES string of the molecule is CCOC(=O)/C=C/C=C(\C=C(/CC)c1ccc(F)cc1)c1ccc(F)cc1. The molecule has 0 saturated heterocycles. The zero-order chi connectivity index (χ0) is 19.6. The summed E-state index contributed by atoms with van der Waals surface area (Å²) in [5.41, 5.74) is 3.51. The average molecular weight is 368 g/mol. The lowest BCUT2D eigenvalue weighted by Crippen LogP contribution is -1.98. The van der Waals surface area contributed by atoms with Crippen LogP contribution in [-0.4, -0.2) is 12.6 Å². The van der Waals surface area contributed by atoms with Gasteiger partial charge in [-0.3, -0.25) is 0 Å². The molecule has 0 amide bonds. The second-order valence-corrected chi connectivity index (χ2v) is 5.77. The average Bonchev–Trinajstić information content (AvgIpc) is 2.66. The van der Waals surface area contributed by atoms with Gasteiger partial charge in [-0.2, -0.15) is 0 Å².